The van der Waals surface area contributed by atoms with Crippen molar-refractivity contribution in [2.75, 3.05) is 6.54 Å². The number of hydrogen-bond acceptors (Lipinski definition) is 2. The summed E-state index contributed by atoms with van der Waals surface area (Å²) >= 11 is 0. The normalized spacial score (nSPS) is 49.0. The van der Waals surface area contributed by atoms with E-state index in [2.05, 4.69) is 5.32 Å². The molecular weight excluding hydrogens is 184 g/mol. The fourth-order valence-corrected chi connectivity index (χ4v) is 4.26. The molecule has 5 unspecified atom stereocenters. The topological polar surface area (TPSA) is 38.0 Å². The predicted molar refractivity (Wildman–Crippen MR) is 62.6 cm³/mol. The molecule has 3 aliphatic carbocycles. The minimum atomic E-state index is 0.749. The van der Waals surface area contributed by atoms with Gasteiger partial charge in [0.2, 0.25) is 0 Å². The number of hydrogen-bond donors (Lipinski definition) is 2. The first-order valence-electron chi connectivity index (χ1n) is 6.83. The second-order valence-corrected chi connectivity index (χ2v) is 5.98. The van der Waals surface area contributed by atoms with Crippen LogP contribution in [0.1, 0.15) is 44.9 Å². The minimum Gasteiger partial charge on any atom is -0.330 e. The van der Waals surface area contributed by atoms with Crippen molar-refractivity contribution in [2.24, 2.45) is 23.5 Å². The molecule has 0 aromatic heterocycles. The van der Waals surface area contributed by atoms with Crippen LogP contribution in [0.15, 0.2) is 0 Å². The van der Waals surface area contributed by atoms with E-state index in [1.165, 1.54) is 44.9 Å². The first kappa shape index (κ1) is 10.1. The molecule has 0 spiro atoms. The molecule has 15 heavy (non-hydrogen) atoms. The van der Waals surface area contributed by atoms with Crippen LogP contribution in [0.25, 0.3) is 0 Å². The molecule has 2 nitrogen and oxygen atoms in total. The van der Waals surface area contributed by atoms with Gasteiger partial charge in [0.25, 0.3) is 0 Å². The molecule has 0 saturated heterocycles. The van der Waals surface area contributed by atoms with E-state index in [0.717, 1.165) is 36.4 Å². The molecule has 86 valence electrons. The molecule has 0 aliphatic heterocycles. The van der Waals surface area contributed by atoms with E-state index in [1.54, 1.807) is 0 Å². The van der Waals surface area contributed by atoms with Gasteiger partial charge in [-0.2, -0.15) is 0 Å². The standard InChI is InChI=1S/C13H24N2/c14-8-11-2-1-3-12(11)15-13-7-9-4-5-10(13)6-9/h9-13,15H,1-8,14H2. The maximum atomic E-state index is 5.83. The van der Waals surface area contributed by atoms with Crippen molar-refractivity contribution in [1.82, 2.24) is 5.32 Å². The maximum absolute atomic E-state index is 5.83. The number of nitrogens with two attached hydrogens (primary N) is 1. The molecular formula is C13H24N2. The summed E-state index contributed by atoms with van der Waals surface area (Å²) in [6.45, 7) is 0.887. The Labute approximate surface area is 93.0 Å². The third-order valence-corrected chi connectivity index (χ3v) is 5.13. The van der Waals surface area contributed by atoms with Crippen LogP contribution in [-0.2, 0) is 0 Å². The average molecular weight is 208 g/mol. The van der Waals surface area contributed by atoms with E-state index >= 15 is 0 Å². The fourth-order valence-electron chi connectivity index (χ4n) is 4.26. The second kappa shape index (κ2) is 4.06. The van der Waals surface area contributed by atoms with Crippen LogP contribution >= 0.6 is 0 Å². The Kier molecular flexibility index (Phi) is 2.73. The van der Waals surface area contributed by atoms with Gasteiger partial charge in [-0.3, -0.25) is 0 Å². The van der Waals surface area contributed by atoms with Gasteiger partial charge in [-0.25, -0.2) is 0 Å². The smallest absolute Gasteiger partial charge is 0.0110 e. The lowest BCUT2D eigenvalue weighted by Crippen LogP contribution is -2.44. The van der Waals surface area contributed by atoms with Crippen molar-refractivity contribution >= 4 is 0 Å². The summed E-state index contributed by atoms with van der Waals surface area (Å²) in [6.07, 6.45) is 10.1. The number of fused-ring (bicyclic) bond motifs is 2. The van der Waals surface area contributed by atoms with E-state index in [1.807, 2.05) is 0 Å². The molecule has 0 heterocycles. The monoisotopic (exact) mass is 208 g/mol. The van der Waals surface area contributed by atoms with Gasteiger partial charge in [-0.15, -0.1) is 0 Å². The Hall–Kier alpha value is -0.0800. The van der Waals surface area contributed by atoms with Crippen molar-refractivity contribution in [3.05, 3.63) is 0 Å². The van der Waals surface area contributed by atoms with E-state index in [-0.39, 0.29) is 0 Å². The molecule has 3 rings (SSSR count). The van der Waals surface area contributed by atoms with E-state index < -0.39 is 0 Å². The van der Waals surface area contributed by atoms with Crippen LogP contribution in [0, 0.1) is 17.8 Å². The van der Waals surface area contributed by atoms with Crippen molar-refractivity contribution in [3.8, 4) is 0 Å². The molecule has 3 N–H and O–H groups in total. The predicted octanol–water partition coefficient (Wildman–Crippen LogP) is 1.89. The van der Waals surface area contributed by atoms with Gasteiger partial charge in [0.05, 0.1) is 0 Å². The summed E-state index contributed by atoms with van der Waals surface area (Å²) in [5.41, 5.74) is 5.83. The highest BCUT2D eigenvalue weighted by Crippen LogP contribution is 2.45. The third kappa shape index (κ3) is 1.83. The molecule has 0 radical (unpaired) electrons. The van der Waals surface area contributed by atoms with Crippen LogP contribution in [0.5, 0.6) is 0 Å². The molecule has 3 fully saturated rings. The zero-order valence-electron chi connectivity index (χ0n) is 9.62. The first-order chi connectivity index (χ1) is 7.36. The van der Waals surface area contributed by atoms with Gasteiger partial charge in [0.1, 0.15) is 0 Å². The van der Waals surface area contributed by atoms with Crippen molar-refractivity contribution in [3.63, 3.8) is 0 Å². The molecule has 2 bridgehead atoms. The third-order valence-electron chi connectivity index (χ3n) is 5.13. The van der Waals surface area contributed by atoms with Crippen molar-refractivity contribution in [1.29, 1.82) is 0 Å². The lowest BCUT2D eigenvalue weighted by Gasteiger charge is -2.29. The molecule has 0 amide bonds. The van der Waals surface area contributed by atoms with Crippen LogP contribution in [-0.4, -0.2) is 18.6 Å². The van der Waals surface area contributed by atoms with Crippen molar-refractivity contribution in [2.45, 2.75) is 57.0 Å². The van der Waals surface area contributed by atoms with Crippen molar-refractivity contribution < 1.29 is 0 Å². The molecule has 0 aromatic carbocycles. The first-order valence-corrected chi connectivity index (χ1v) is 6.83. The van der Waals surface area contributed by atoms with E-state index in [9.17, 15) is 0 Å². The van der Waals surface area contributed by atoms with Crippen LogP contribution in [0.2, 0.25) is 0 Å². The Morgan fingerprint density at radius 2 is 1.93 bits per heavy atom. The van der Waals surface area contributed by atoms with Gasteiger partial charge in [-0.1, -0.05) is 12.8 Å². The zero-order chi connectivity index (χ0) is 10.3. The van der Waals surface area contributed by atoms with Gasteiger partial charge >= 0.3 is 0 Å². The zero-order valence-corrected chi connectivity index (χ0v) is 9.62. The highest BCUT2D eigenvalue weighted by Gasteiger charge is 2.41. The van der Waals surface area contributed by atoms with E-state index in [0.29, 0.717) is 0 Å². The second-order valence-electron chi connectivity index (χ2n) is 5.98. The Morgan fingerprint density at radius 3 is 2.60 bits per heavy atom. The van der Waals surface area contributed by atoms with Crippen LogP contribution < -0.4 is 11.1 Å². The quantitative estimate of drug-likeness (QED) is 0.743. The maximum Gasteiger partial charge on any atom is 0.0110 e. The highest BCUT2D eigenvalue weighted by molar-refractivity contribution is 4.97. The molecule has 5 atom stereocenters. The van der Waals surface area contributed by atoms with Crippen LogP contribution in [0.3, 0.4) is 0 Å². The van der Waals surface area contributed by atoms with Gasteiger partial charge in [0.15, 0.2) is 0 Å². The van der Waals surface area contributed by atoms with E-state index in [4.69, 9.17) is 5.73 Å². The summed E-state index contributed by atoms with van der Waals surface area (Å²) < 4.78 is 0. The molecule has 3 aliphatic rings. The highest BCUT2D eigenvalue weighted by atomic mass is 15.0. The molecule has 0 aromatic rings. The number of nitrogens with one attached hydrogen (secondary N) is 1. The minimum absolute atomic E-state index is 0.749. The van der Waals surface area contributed by atoms with Crippen LogP contribution in [0.4, 0.5) is 0 Å². The average Bonchev–Trinajstić information content (AvgIpc) is 2.92. The van der Waals surface area contributed by atoms with Gasteiger partial charge < -0.3 is 11.1 Å². The van der Waals surface area contributed by atoms with Gasteiger partial charge in [-0.05, 0) is 56.4 Å². The summed E-state index contributed by atoms with van der Waals surface area (Å²) in [5.74, 6) is 2.84. The SMILES string of the molecule is NCC1CCCC1NC1CC2CCC1C2. The fraction of sp³-hybridized carbons (Fsp3) is 1.00. The Bertz CT molecular complexity index is 225. The largest absolute Gasteiger partial charge is 0.330 e. The summed E-state index contributed by atoms with van der Waals surface area (Å²) in [5, 5.41) is 3.93. The lowest BCUT2D eigenvalue weighted by molar-refractivity contribution is 0.288. The Balaban J connectivity index is 1.56. The molecule has 2 heteroatoms. The summed E-state index contributed by atoms with van der Waals surface area (Å²) in [6, 6.07) is 1.60. The Morgan fingerprint density at radius 1 is 1.00 bits per heavy atom. The number of rotatable bonds is 3. The van der Waals surface area contributed by atoms with Gasteiger partial charge in [0, 0.05) is 12.1 Å². The summed E-state index contributed by atoms with van der Waals surface area (Å²) in [7, 11) is 0. The summed E-state index contributed by atoms with van der Waals surface area (Å²) in [4.78, 5) is 0. The molecule has 3 saturated carbocycles. The lowest BCUT2D eigenvalue weighted by atomic mass is 9.93.